The molecule has 0 aliphatic rings. The molecule has 0 fully saturated rings. The van der Waals surface area contributed by atoms with Gasteiger partial charge >= 0.3 is 0 Å². The first-order valence-electron chi connectivity index (χ1n) is 29.7. The molecule has 0 bridgehead atoms. The van der Waals surface area contributed by atoms with Gasteiger partial charge in [0.1, 0.15) is 0 Å². The van der Waals surface area contributed by atoms with E-state index in [2.05, 4.69) is 158 Å². The summed E-state index contributed by atoms with van der Waals surface area (Å²) in [6, 6.07) is 0. The average molecular weight is 918 g/mol. The van der Waals surface area contributed by atoms with Crippen LogP contribution in [0.1, 0.15) is 358 Å². The summed E-state index contributed by atoms with van der Waals surface area (Å²) in [5.41, 5.74) is 3.50. The molecule has 0 aliphatic carbocycles. The molecular weight excluding hydrogens is 781 g/mol. The monoisotopic (exact) mass is 917 g/mol. The quantitative estimate of drug-likeness (QED) is 0.0446. The highest BCUT2D eigenvalue weighted by Crippen LogP contribution is 2.35. The van der Waals surface area contributed by atoms with E-state index in [1.807, 2.05) is 0 Å². The highest BCUT2D eigenvalue weighted by molar-refractivity contribution is 4.92. The van der Waals surface area contributed by atoms with Crippen molar-refractivity contribution in [2.75, 3.05) is 0 Å². The van der Waals surface area contributed by atoms with Crippen molar-refractivity contribution in [3.8, 4) is 0 Å². The van der Waals surface area contributed by atoms with Crippen LogP contribution in [0.15, 0.2) is 11.6 Å². The fraction of sp³-hybridized carbons (Fsp3) is 0.969. The minimum Gasteiger partial charge on any atom is -0.0859 e. The Morgan fingerprint density at radius 1 is 0.354 bits per heavy atom. The third kappa shape index (κ3) is 70.4. The number of hydrogen-bond acceptors (Lipinski definition) is 0. The molecule has 0 spiro atoms. The van der Waals surface area contributed by atoms with Crippen LogP contribution < -0.4 is 0 Å². The van der Waals surface area contributed by atoms with Gasteiger partial charge in [0, 0.05) is 0 Å². The molecule has 0 saturated heterocycles. The normalized spacial score (nSPS) is 13.2. The Balaban J connectivity index is -0.000000430. The Labute approximate surface area is 418 Å². The third-order valence-corrected chi connectivity index (χ3v) is 13.5. The summed E-state index contributed by atoms with van der Waals surface area (Å²) in [4.78, 5) is 0. The molecule has 0 aliphatic heterocycles. The first kappa shape index (κ1) is 71.3. The van der Waals surface area contributed by atoms with Crippen molar-refractivity contribution < 1.29 is 0 Å². The second-order valence-corrected chi connectivity index (χ2v) is 27.8. The number of rotatable bonds is 34. The Morgan fingerprint density at radius 3 is 0.954 bits per heavy atom. The van der Waals surface area contributed by atoms with Crippen LogP contribution in [0.5, 0.6) is 0 Å². The Hall–Kier alpha value is -0.260. The molecule has 2 atom stereocenters. The van der Waals surface area contributed by atoms with Gasteiger partial charge in [-0.15, -0.1) is 0 Å². The Morgan fingerprint density at radius 2 is 0.692 bits per heavy atom. The zero-order chi connectivity index (χ0) is 50.8. The topological polar surface area (TPSA) is 0 Å². The van der Waals surface area contributed by atoms with Gasteiger partial charge in [-0.2, -0.15) is 0 Å². The van der Waals surface area contributed by atoms with Crippen molar-refractivity contribution in [1.82, 2.24) is 0 Å². The predicted molar refractivity (Wildman–Crippen MR) is 308 cm³/mol. The summed E-state index contributed by atoms with van der Waals surface area (Å²) in [5, 5.41) is 0. The van der Waals surface area contributed by atoms with Gasteiger partial charge in [0.25, 0.3) is 0 Å². The molecule has 0 aromatic carbocycles. The van der Waals surface area contributed by atoms with Crippen molar-refractivity contribution in [3.63, 3.8) is 0 Å². The maximum absolute atomic E-state index is 2.48. The molecule has 0 rings (SSSR count). The van der Waals surface area contributed by atoms with E-state index in [1.165, 1.54) is 211 Å². The third-order valence-electron chi connectivity index (χ3n) is 13.5. The second-order valence-electron chi connectivity index (χ2n) is 27.8. The molecule has 396 valence electrons. The standard InChI is InChI=1S/C29H60.C14H30.C14H28.C8H18/c1-6-8-10-12-14-16-18-20-22-24-26-28(29(3,4)5)27-25-23-21-19-17-15-13-11-9-7-2;2*1-12(2)8-7-9-13(3)10-11-14(4,5)6;1-7(2)6-8(3,4)5/h28H,6-27H2,1-5H3;12-13H,7-11H2,1-6H3;8,13H,7,9-11H2,1-6H3;7H,6H2,1-5H3. The van der Waals surface area contributed by atoms with E-state index in [4.69, 9.17) is 0 Å². The van der Waals surface area contributed by atoms with Crippen LogP contribution in [0.3, 0.4) is 0 Å². The zero-order valence-corrected chi connectivity index (χ0v) is 50.6. The fourth-order valence-corrected chi connectivity index (χ4v) is 9.17. The minimum absolute atomic E-state index is 0.499. The van der Waals surface area contributed by atoms with Crippen LogP contribution in [0.2, 0.25) is 0 Å². The molecule has 0 aromatic heterocycles. The fourth-order valence-electron chi connectivity index (χ4n) is 9.17. The highest BCUT2D eigenvalue weighted by Gasteiger charge is 2.23. The lowest BCUT2D eigenvalue weighted by Gasteiger charge is -2.31. The van der Waals surface area contributed by atoms with Gasteiger partial charge in [0.15, 0.2) is 0 Å². The molecule has 0 saturated carbocycles. The zero-order valence-electron chi connectivity index (χ0n) is 50.6. The number of unbranched alkanes of at least 4 members (excludes halogenated alkanes) is 18. The van der Waals surface area contributed by atoms with Gasteiger partial charge in [-0.3, -0.25) is 0 Å². The van der Waals surface area contributed by atoms with E-state index in [9.17, 15) is 0 Å². The SMILES string of the molecule is CC(C)=CCCC(C)CCC(C)(C)C.CC(C)CC(C)(C)C.CC(C)CCCC(C)CCC(C)(C)C.CCCCCCCCCCCCC(CCCCCCCCCCCC)C(C)(C)C. The van der Waals surface area contributed by atoms with E-state index in [0.29, 0.717) is 21.7 Å². The van der Waals surface area contributed by atoms with Gasteiger partial charge in [0.05, 0.1) is 0 Å². The summed E-state index contributed by atoms with van der Waals surface area (Å²) in [6.07, 6.45) is 48.1. The maximum Gasteiger partial charge on any atom is -0.0346 e. The summed E-state index contributed by atoms with van der Waals surface area (Å²) in [5.74, 6) is 4.46. The molecule has 0 radical (unpaired) electrons. The van der Waals surface area contributed by atoms with Crippen molar-refractivity contribution >= 4 is 0 Å². The van der Waals surface area contributed by atoms with E-state index < -0.39 is 0 Å². The smallest absolute Gasteiger partial charge is 0.0346 e. The lowest BCUT2D eigenvalue weighted by molar-refractivity contribution is 0.201. The van der Waals surface area contributed by atoms with E-state index in [0.717, 1.165) is 29.6 Å². The van der Waals surface area contributed by atoms with Gasteiger partial charge in [-0.1, -0.05) is 311 Å². The van der Waals surface area contributed by atoms with Crippen molar-refractivity contribution in [2.45, 2.75) is 358 Å². The lowest BCUT2D eigenvalue weighted by atomic mass is 9.75. The first-order valence-corrected chi connectivity index (χ1v) is 29.7. The van der Waals surface area contributed by atoms with Crippen LogP contribution in [0.25, 0.3) is 0 Å². The Bertz CT molecular complexity index is 920. The largest absolute Gasteiger partial charge is 0.0859 e. The van der Waals surface area contributed by atoms with Crippen molar-refractivity contribution in [2.24, 2.45) is 51.2 Å². The average Bonchev–Trinajstić information content (AvgIpc) is 3.15. The number of allylic oxidation sites excluding steroid dienone is 2. The van der Waals surface area contributed by atoms with Crippen molar-refractivity contribution in [3.05, 3.63) is 11.6 Å². The molecule has 0 N–H and O–H groups in total. The first-order chi connectivity index (χ1) is 30.1. The Kier molecular flexibility index (Phi) is 49.3. The van der Waals surface area contributed by atoms with Gasteiger partial charge < -0.3 is 0 Å². The summed E-state index contributed by atoms with van der Waals surface area (Å²) in [6.45, 7) is 51.2. The van der Waals surface area contributed by atoms with Gasteiger partial charge in [0.2, 0.25) is 0 Å². The predicted octanol–water partition coefficient (Wildman–Crippen LogP) is 24.8. The van der Waals surface area contributed by atoms with Gasteiger partial charge in [-0.25, -0.2) is 0 Å². The molecule has 0 amide bonds. The number of hydrogen-bond donors (Lipinski definition) is 0. The van der Waals surface area contributed by atoms with Crippen LogP contribution in [0.4, 0.5) is 0 Å². The molecular formula is C65H136. The molecule has 2 unspecified atom stereocenters. The summed E-state index contributed by atoms with van der Waals surface area (Å²) < 4.78 is 0. The van der Waals surface area contributed by atoms with Gasteiger partial charge in [-0.05, 0) is 110 Å². The summed E-state index contributed by atoms with van der Waals surface area (Å²) >= 11 is 0. The molecule has 65 heavy (non-hydrogen) atoms. The molecule has 0 aromatic rings. The van der Waals surface area contributed by atoms with Crippen LogP contribution in [-0.4, -0.2) is 0 Å². The maximum atomic E-state index is 2.48. The summed E-state index contributed by atoms with van der Waals surface area (Å²) in [7, 11) is 0. The molecule has 0 nitrogen and oxygen atoms in total. The van der Waals surface area contributed by atoms with E-state index in [-0.39, 0.29) is 0 Å². The lowest BCUT2D eigenvalue weighted by Crippen LogP contribution is -2.20. The van der Waals surface area contributed by atoms with E-state index in [1.54, 1.807) is 0 Å². The minimum atomic E-state index is 0.499. The van der Waals surface area contributed by atoms with Crippen LogP contribution >= 0.6 is 0 Å². The second kappa shape index (κ2) is 44.9. The van der Waals surface area contributed by atoms with Crippen LogP contribution in [-0.2, 0) is 0 Å². The van der Waals surface area contributed by atoms with Crippen molar-refractivity contribution in [1.29, 1.82) is 0 Å². The van der Waals surface area contributed by atoms with E-state index >= 15 is 0 Å². The molecule has 0 heteroatoms. The highest BCUT2D eigenvalue weighted by atomic mass is 14.3. The molecule has 0 heterocycles. The van der Waals surface area contributed by atoms with Crippen LogP contribution in [0, 0.1) is 51.2 Å².